The summed E-state index contributed by atoms with van der Waals surface area (Å²) < 4.78 is 25.1. The fourth-order valence-corrected chi connectivity index (χ4v) is 4.40. The van der Waals surface area contributed by atoms with Crippen molar-refractivity contribution >= 4 is 45.6 Å². The standard InChI is InChI=1S/C29H27ClFN5O3/c1-35(2)10-4-7-28(37)36-11-12-38-27-16-24-22(15-25(27)36)29(33-18-32-24)34-21-8-9-26(23(30)14-21)39-17-19-5-3-6-20(31)13-19/h3-9,13-16,18H,10-12,17H2,1-2H3,(H,32,33,34). The lowest BCUT2D eigenvalue weighted by Crippen LogP contribution is -2.37. The molecule has 0 aliphatic carbocycles. The first-order chi connectivity index (χ1) is 18.9. The molecule has 1 amide bonds. The average molecular weight is 548 g/mol. The quantitative estimate of drug-likeness (QED) is 0.288. The van der Waals surface area contributed by atoms with Crippen molar-refractivity contribution in [3.63, 3.8) is 0 Å². The molecule has 0 radical (unpaired) electrons. The predicted molar refractivity (Wildman–Crippen MR) is 151 cm³/mol. The highest BCUT2D eigenvalue weighted by atomic mass is 35.5. The van der Waals surface area contributed by atoms with Crippen LogP contribution in [0.5, 0.6) is 11.5 Å². The Morgan fingerprint density at radius 2 is 2.08 bits per heavy atom. The molecule has 5 rings (SSSR count). The molecule has 1 N–H and O–H groups in total. The van der Waals surface area contributed by atoms with Gasteiger partial charge in [0.2, 0.25) is 0 Å². The van der Waals surface area contributed by atoms with Crippen molar-refractivity contribution in [1.82, 2.24) is 14.9 Å². The monoisotopic (exact) mass is 547 g/mol. The minimum absolute atomic E-state index is 0.118. The van der Waals surface area contributed by atoms with E-state index in [0.29, 0.717) is 64.5 Å². The van der Waals surface area contributed by atoms with Crippen LogP contribution in [-0.2, 0) is 11.4 Å². The van der Waals surface area contributed by atoms with E-state index in [-0.39, 0.29) is 18.3 Å². The minimum atomic E-state index is -0.320. The number of benzene rings is 3. The fourth-order valence-electron chi connectivity index (χ4n) is 4.17. The smallest absolute Gasteiger partial charge is 0.250 e. The second kappa shape index (κ2) is 11.7. The molecule has 0 fully saturated rings. The number of hydrogen-bond donors (Lipinski definition) is 1. The first-order valence-corrected chi connectivity index (χ1v) is 12.7. The van der Waals surface area contributed by atoms with Gasteiger partial charge in [-0.2, -0.15) is 0 Å². The summed E-state index contributed by atoms with van der Waals surface area (Å²) in [7, 11) is 3.89. The molecule has 0 unspecified atom stereocenters. The van der Waals surface area contributed by atoms with Crippen molar-refractivity contribution in [3.8, 4) is 11.5 Å². The summed E-state index contributed by atoms with van der Waals surface area (Å²) in [5.74, 6) is 1.18. The van der Waals surface area contributed by atoms with Gasteiger partial charge in [0, 0.05) is 29.8 Å². The van der Waals surface area contributed by atoms with Crippen LogP contribution in [0.2, 0.25) is 5.02 Å². The molecule has 8 nitrogen and oxygen atoms in total. The molecule has 200 valence electrons. The number of halogens is 2. The summed E-state index contributed by atoms with van der Waals surface area (Å²) in [6, 6.07) is 15.2. The van der Waals surface area contributed by atoms with Crippen LogP contribution < -0.4 is 19.7 Å². The van der Waals surface area contributed by atoms with Crippen LogP contribution in [0.15, 0.2) is 73.1 Å². The molecule has 0 atom stereocenters. The Kier molecular flexibility index (Phi) is 7.90. The third kappa shape index (κ3) is 6.27. The van der Waals surface area contributed by atoms with Crippen LogP contribution >= 0.6 is 11.6 Å². The molecule has 0 saturated carbocycles. The van der Waals surface area contributed by atoms with Crippen molar-refractivity contribution in [2.24, 2.45) is 0 Å². The number of ether oxygens (including phenoxy) is 2. The summed E-state index contributed by atoms with van der Waals surface area (Å²) in [6.07, 6.45) is 4.88. The van der Waals surface area contributed by atoms with E-state index in [2.05, 4.69) is 15.3 Å². The maximum Gasteiger partial charge on any atom is 0.250 e. The second-order valence-electron chi connectivity index (χ2n) is 9.25. The number of carbonyl (C=O) groups excluding carboxylic acids is 1. The normalized spacial score (nSPS) is 13.0. The fraction of sp³-hybridized carbons (Fsp3) is 0.207. The number of amides is 1. The Morgan fingerprint density at radius 3 is 2.87 bits per heavy atom. The van der Waals surface area contributed by atoms with Gasteiger partial charge in [-0.15, -0.1) is 0 Å². The van der Waals surface area contributed by atoms with Gasteiger partial charge in [0.15, 0.2) is 0 Å². The zero-order valence-corrected chi connectivity index (χ0v) is 22.3. The first-order valence-electron chi connectivity index (χ1n) is 12.4. The SMILES string of the molecule is CN(C)CC=CC(=O)N1CCOc2cc3ncnc(Nc4ccc(OCc5cccc(F)c5)c(Cl)c4)c3cc21. The molecule has 10 heteroatoms. The third-order valence-electron chi connectivity index (χ3n) is 6.05. The number of likely N-dealkylation sites (N-methyl/N-ethyl adjacent to an activating group) is 1. The minimum Gasteiger partial charge on any atom is -0.489 e. The van der Waals surface area contributed by atoms with Crippen molar-refractivity contribution in [2.45, 2.75) is 6.61 Å². The van der Waals surface area contributed by atoms with Crippen molar-refractivity contribution in [2.75, 3.05) is 44.0 Å². The zero-order chi connectivity index (χ0) is 27.4. The van der Waals surface area contributed by atoms with E-state index in [9.17, 15) is 9.18 Å². The molecule has 4 aromatic rings. The van der Waals surface area contributed by atoms with Gasteiger partial charge >= 0.3 is 0 Å². The Labute approximate surface area is 230 Å². The van der Waals surface area contributed by atoms with Gasteiger partial charge in [-0.05, 0) is 56.1 Å². The van der Waals surface area contributed by atoms with Gasteiger partial charge in [-0.25, -0.2) is 14.4 Å². The lowest BCUT2D eigenvalue weighted by Gasteiger charge is -2.29. The lowest BCUT2D eigenvalue weighted by molar-refractivity contribution is -0.114. The number of nitrogens with one attached hydrogen (secondary N) is 1. The van der Waals surface area contributed by atoms with E-state index < -0.39 is 0 Å². The molecule has 39 heavy (non-hydrogen) atoms. The van der Waals surface area contributed by atoms with Gasteiger partial charge in [-0.3, -0.25) is 4.79 Å². The number of carbonyl (C=O) groups is 1. The highest BCUT2D eigenvalue weighted by molar-refractivity contribution is 6.32. The van der Waals surface area contributed by atoms with E-state index in [1.54, 1.807) is 35.2 Å². The number of fused-ring (bicyclic) bond motifs is 2. The van der Waals surface area contributed by atoms with E-state index in [1.165, 1.54) is 18.5 Å². The molecular weight excluding hydrogens is 521 g/mol. The number of aromatic nitrogens is 2. The second-order valence-corrected chi connectivity index (χ2v) is 9.66. The molecule has 0 saturated heterocycles. The Balaban J connectivity index is 1.38. The van der Waals surface area contributed by atoms with Crippen LogP contribution in [0.25, 0.3) is 10.9 Å². The van der Waals surface area contributed by atoms with Gasteiger partial charge in [0.1, 0.15) is 42.7 Å². The molecule has 0 spiro atoms. The third-order valence-corrected chi connectivity index (χ3v) is 6.35. The van der Waals surface area contributed by atoms with Crippen LogP contribution in [0.1, 0.15) is 5.56 Å². The van der Waals surface area contributed by atoms with Gasteiger partial charge < -0.3 is 24.6 Å². The van der Waals surface area contributed by atoms with Gasteiger partial charge in [0.25, 0.3) is 5.91 Å². The van der Waals surface area contributed by atoms with E-state index in [4.69, 9.17) is 21.1 Å². The van der Waals surface area contributed by atoms with Crippen molar-refractivity contribution < 1.29 is 18.7 Å². The number of rotatable bonds is 8. The summed E-state index contributed by atoms with van der Waals surface area (Å²) in [6.45, 7) is 1.69. The number of nitrogens with zero attached hydrogens (tertiary/aromatic N) is 4. The lowest BCUT2D eigenvalue weighted by atomic mass is 10.1. The molecular formula is C29H27ClFN5O3. The molecule has 1 aromatic heterocycles. The summed E-state index contributed by atoms with van der Waals surface area (Å²) in [5, 5.41) is 4.40. The highest BCUT2D eigenvalue weighted by Crippen LogP contribution is 2.38. The summed E-state index contributed by atoms with van der Waals surface area (Å²) >= 11 is 6.48. The van der Waals surface area contributed by atoms with E-state index in [0.717, 1.165) is 5.39 Å². The van der Waals surface area contributed by atoms with Crippen molar-refractivity contribution in [1.29, 1.82) is 0 Å². The first kappa shape index (κ1) is 26.4. The van der Waals surface area contributed by atoms with E-state index in [1.807, 2.05) is 43.3 Å². The van der Waals surface area contributed by atoms with Crippen LogP contribution in [0.4, 0.5) is 21.6 Å². The Bertz CT molecular complexity index is 1550. The molecule has 0 bridgehead atoms. The molecule has 1 aliphatic rings. The highest BCUT2D eigenvalue weighted by Gasteiger charge is 2.24. The number of anilines is 3. The largest absolute Gasteiger partial charge is 0.489 e. The predicted octanol–water partition coefficient (Wildman–Crippen LogP) is 5.59. The van der Waals surface area contributed by atoms with Crippen LogP contribution in [0.3, 0.4) is 0 Å². The average Bonchev–Trinajstić information content (AvgIpc) is 2.91. The zero-order valence-electron chi connectivity index (χ0n) is 21.5. The Hall–Kier alpha value is -4.21. The summed E-state index contributed by atoms with van der Waals surface area (Å²) in [4.78, 5) is 25.5. The van der Waals surface area contributed by atoms with Crippen LogP contribution in [-0.4, -0.2) is 54.6 Å². The van der Waals surface area contributed by atoms with E-state index >= 15 is 0 Å². The molecule has 2 heterocycles. The maximum absolute atomic E-state index is 13.4. The maximum atomic E-state index is 13.4. The number of hydrogen-bond acceptors (Lipinski definition) is 7. The van der Waals surface area contributed by atoms with Crippen LogP contribution in [0, 0.1) is 5.82 Å². The van der Waals surface area contributed by atoms with Crippen molar-refractivity contribution in [3.05, 3.63) is 89.5 Å². The molecule has 1 aliphatic heterocycles. The molecule has 3 aromatic carbocycles. The van der Waals surface area contributed by atoms with Gasteiger partial charge in [-0.1, -0.05) is 29.8 Å². The Morgan fingerprint density at radius 1 is 1.21 bits per heavy atom. The topological polar surface area (TPSA) is 79.8 Å². The van der Waals surface area contributed by atoms with Gasteiger partial charge in [0.05, 0.1) is 22.8 Å². The summed E-state index contributed by atoms with van der Waals surface area (Å²) in [5.41, 5.74) is 2.72.